The molecule has 2 aliphatic heterocycles. The van der Waals surface area contributed by atoms with Crippen LogP contribution >= 0.6 is 0 Å². The number of nitrogens with zero attached hydrogens (tertiary/aromatic N) is 5. The van der Waals surface area contributed by atoms with E-state index in [0.29, 0.717) is 35.7 Å². The standard InChI is InChI=1S/C35H37F3N6O4S/c1-42-19-21-43(22-20-42)31-12-9-28(23-30(31)41-49(46,47)24-25-5-3-2-4-6-25)34(45)44-17-15-27(16-18-44)26-7-10-29(11-8-26)48-33-14-13-32(39-40-33)35(36,37)38/h2-14,23,27,41H,15-22,24H2,1H3. The van der Waals surface area contributed by atoms with E-state index in [-0.39, 0.29) is 23.5 Å². The van der Waals surface area contributed by atoms with Crippen molar-refractivity contribution in [3.63, 3.8) is 0 Å². The monoisotopic (exact) mass is 694 g/mol. The van der Waals surface area contributed by atoms with E-state index in [2.05, 4.69) is 31.8 Å². The highest BCUT2D eigenvalue weighted by molar-refractivity contribution is 7.91. The van der Waals surface area contributed by atoms with Crippen molar-refractivity contribution in [3.8, 4) is 11.6 Å². The number of rotatable bonds is 9. The normalized spacial score (nSPS) is 16.4. The van der Waals surface area contributed by atoms with Gasteiger partial charge in [-0.2, -0.15) is 13.2 Å². The van der Waals surface area contributed by atoms with Crippen molar-refractivity contribution in [1.82, 2.24) is 20.0 Å². The lowest BCUT2D eigenvalue weighted by Gasteiger charge is -2.35. The summed E-state index contributed by atoms with van der Waals surface area (Å²) in [6.45, 7) is 4.21. The number of benzene rings is 3. The summed E-state index contributed by atoms with van der Waals surface area (Å²) >= 11 is 0. The third-order valence-electron chi connectivity index (χ3n) is 8.84. The molecule has 49 heavy (non-hydrogen) atoms. The molecule has 10 nitrogen and oxygen atoms in total. The Hall–Kier alpha value is -4.69. The van der Waals surface area contributed by atoms with Crippen molar-refractivity contribution >= 4 is 27.3 Å². The number of likely N-dealkylation sites (N-methyl/N-ethyl adjacent to an activating group) is 1. The van der Waals surface area contributed by atoms with Crippen LogP contribution in [-0.2, 0) is 22.0 Å². The molecule has 2 aliphatic rings. The van der Waals surface area contributed by atoms with Crippen LogP contribution in [0.1, 0.15) is 45.9 Å². The Morgan fingerprint density at radius 3 is 2.20 bits per heavy atom. The minimum absolute atomic E-state index is 0.0451. The van der Waals surface area contributed by atoms with Gasteiger partial charge in [0, 0.05) is 50.9 Å². The maximum Gasteiger partial charge on any atom is 0.435 e. The molecule has 14 heteroatoms. The van der Waals surface area contributed by atoms with Gasteiger partial charge in [-0.3, -0.25) is 9.52 Å². The Morgan fingerprint density at radius 2 is 1.57 bits per heavy atom. The fourth-order valence-corrected chi connectivity index (χ4v) is 7.33. The lowest BCUT2D eigenvalue weighted by atomic mass is 9.89. The second kappa shape index (κ2) is 14.4. The van der Waals surface area contributed by atoms with Gasteiger partial charge in [-0.1, -0.05) is 42.5 Å². The molecule has 2 fully saturated rings. The van der Waals surface area contributed by atoms with Gasteiger partial charge in [-0.05, 0) is 73.3 Å². The number of sulfonamides is 1. The highest BCUT2D eigenvalue weighted by atomic mass is 32.2. The summed E-state index contributed by atoms with van der Waals surface area (Å²) in [7, 11) is -1.71. The Morgan fingerprint density at radius 1 is 0.878 bits per heavy atom. The molecule has 2 saturated heterocycles. The average molecular weight is 695 g/mol. The number of amides is 1. The van der Waals surface area contributed by atoms with Gasteiger partial charge in [-0.25, -0.2) is 8.42 Å². The number of halogens is 3. The van der Waals surface area contributed by atoms with Crippen LogP contribution in [-0.4, -0.2) is 80.6 Å². The Labute approximate surface area is 283 Å². The van der Waals surface area contributed by atoms with E-state index >= 15 is 0 Å². The molecular formula is C35H37F3N6O4S. The molecule has 0 atom stereocenters. The minimum atomic E-state index is -4.57. The summed E-state index contributed by atoms with van der Waals surface area (Å²) in [6, 6.07) is 23.5. The molecule has 0 saturated carbocycles. The first-order chi connectivity index (χ1) is 23.4. The molecule has 0 spiro atoms. The van der Waals surface area contributed by atoms with Crippen molar-refractivity contribution in [2.45, 2.75) is 30.7 Å². The van der Waals surface area contributed by atoms with E-state index in [9.17, 15) is 26.4 Å². The summed E-state index contributed by atoms with van der Waals surface area (Å²) in [4.78, 5) is 19.9. The van der Waals surface area contributed by atoms with Crippen LogP contribution in [0.15, 0.2) is 84.9 Å². The Balaban J connectivity index is 1.11. The van der Waals surface area contributed by atoms with Crippen LogP contribution in [0, 0.1) is 0 Å². The number of alkyl halides is 3. The van der Waals surface area contributed by atoms with Crippen molar-refractivity contribution in [2.24, 2.45) is 0 Å². The number of ether oxygens (including phenoxy) is 1. The predicted molar refractivity (Wildman–Crippen MR) is 180 cm³/mol. The number of piperidine rings is 1. The smallest absolute Gasteiger partial charge is 0.435 e. The van der Waals surface area contributed by atoms with Gasteiger partial charge >= 0.3 is 6.18 Å². The van der Waals surface area contributed by atoms with E-state index in [4.69, 9.17) is 4.74 Å². The molecule has 4 aromatic rings. The Kier molecular flexibility index (Phi) is 10.1. The molecule has 258 valence electrons. The molecule has 0 bridgehead atoms. The Bertz CT molecular complexity index is 1840. The number of piperazine rings is 1. The van der Waals surface area contributed by atoms with Gasteiger partial charge in [0.05, 0.1) is 17.1 Å². The van der Waals surface area contributed by atoms with E-state index in [1.54, 1.807) is 53.4 Å². The molecule has 1 N–H and O–H groups in total. The number of hydrogen-bond donors (Lipinski definition) is 1. The second-order valence-electron chi connectivity index (χ2n) is 12.4. The van der Waals surface area contributed by atoms with Crippen LogP contribution < -0.4 is 14.4 Å². The van der Waals surface area contributed by atoms with Crippen molar-refractivity contribution < 1.29 is 31.1 Å². The number of nitrogens with one attached hydrogen (secondary N) is 1. The van der Waals surface area contributed by atoms with Crippen LogP contribution in [0.2, 0.25) is 0 Å². The number of carbonyl (C=O) groups is 1. The number of anilines is 2. The first-order valence-corrected chi connectivity index (χ1v) is 17.7. The number of hydrogen-bond acceptors (Lipinski definition) is 8. The van der Waals surface area contributed by atoms with Crippen LogP contribution in [0.3, 0.4) is 0 Å². The molecule has 6 rings (SSSR count). The summed E-state index contributed by atoms with van der Waals surface area (Å²) in [5.41, 5.74) is 2.20. The molecule has 1 amide bonds. The first-order valence-electron chi connectivity index (χ1n) is 16.0. The molecule has 0 radical (unpaired) electrons. The minimum Gasteiger partial charge on any atom is -0.438 e. The lowest BCUT2D eigenvalue weighted by molar-refractivity contribution is -0.141. The van der Waals surface area contributed by atoms with Gasteiger partial charge in [0.25, 0.3) is 5.91 Å². The van der Waals surface area contributed by atoms with E-state index in [0.717, 1.165) is 62.4 Å². The quantitative estimate of drug-likeness (QED) is 0.228. The van der Waals surface area contributed by atoms with Crippen molar-refractivity contribution in [3.05, 3.63) is 107 Å². The van der Waals surface area contributed by atoms with E-state index in [1.165, 1.54) is 0 Å². The van der Waals surface area contributed by atoms with Crippen LogP contribution in [0.25, 0.3) is 0 Å². The summed E-state index contributed by atoms with van der Waals surface area (Å²) < 4.78 is 73.2. The van der Waals surface area contributed by atoms with Gasteiger partial charge in [0.2, 0.25) is 15.9 Å². The zero-order valence-corrected chi connectivity index (χ0v) is 27.8. The second-order valence-corrected chi connectivity index (χ2v) is 14.1. The molecular weight excluding hydrogens is 657 g/mol. The molecule has 0 unspecified atom stereocenters. The summed E-state index contributed by atoms with van der Waals surface area (Å²) in [5.74, 6) is 0.229. The summed E-state index contributed by atoms with van der Waals surface area (Å²) in [6.07, 6.45) is -3.12. The van der Waals surface area contributed by atoms with Crippen molar-refractivity contribution in [1.29, 1.82) is 0 Å². The maximum absolute atomic E-state index is 13.7. The van der Waals surface area contributed by atoms with Crippen molar-refractivity contribution in [2.75, 3.05) is 55.9 Å². The first kappa shape index (κ1) is 34.2. The highest BCUT2D eigenvalue weighted by Gasteiger charge is 2.33. The zero-order chi connectivity index (χ0) is 34.6. The van der Waals surface area contributed by atoms with Gasteiger partial charge in [0.1, 0.15) is 5.75 Å². The fourth-order valence-electron chi connectivity index (χ4n) is 6.12. The average Bonchev–Trinajstić information content (AvgIpc) is 3.09. The fraction of sp³-hybridized carbons (Fsp3) is 0.343. The number of likely N-dealkylation sites (tertiary alicyclic amines) is 1. The molecule has 0 aliphatic carbocycles. The maximum atomic E-state index is 13.7. The van der Waals surface area contributed by atoms with Gasteiger partial charge in [-0.15, -0.1) is 10.2 Å². The highest BCUT2D eigenvalue weighted by Crippen LogP contribution is 2.34. The van der Waals surface area contributed by atoms with E-state index in [1.807, 2.05) is 24.3 Å². The molecule has 3 aromatic carbocycles. The number of aromatic nitrogens is 2. The van der Waals surface area contributed by atoms with Crippen LogP contribution in [0.5, 0.6) is 11.6 Å². The SMILES string of the molecule is CN1CCN(c2ccc(C(=O)N3CCC(c4ccc(Oc5ccc(C(F)(F)F)nn5)cc4)CC3)cc2NS(=O)(=O)Cc2ccccc2)CC1. The number of carbonyl (C=O) groups excluding carboxylic acids is 1. The predicted octanol–water partition coefficient (Wildman–Crippen LogP) is 6.00. The summed E-state index contributed by atoms with van der Waals surface area (Å²) in [5, 5.41) is 6.68. The molecule has 3 heterocycles. The largest absolute Gasteiger partial charge is 0.438 e. The van der Waals surface area contributed by atoms with Crippen LogP contribution in [0.4, 0.5) is 24.5 Å². The third kappa shape index (κ3) is 8.67. The van der Waals surface area contributed by atoms with Gasteiger partial charge < -0.3 is 19.4 Å². The topological polar surface area (TPSA) is 108 Å². The lowest BCUT2D eigenvalue weighted by Crippen LogP contribution is -2.44. The molecule has 1 aromatic heterocycles. The zero-order valence-electron chi connectivity index (χ0n) is 26.9. The van der Waals surface area contributed by atoms with Gasteiger partial charge in [0.15, 0.2) is 5.69 Å². The third-order valence-corrected chi connectivity index (χ3v) is 10.1. The van der Waals surface area contributed by atoms with E-state index < -0.39 is 21.9 Å².